The molecule has 0 aliphatic rings. The minimum Gasteiger partial charge on any atom is -0.478 e. The number of carboxylic acid groups (broad SMARTS) is 2. The van der Waals surface area contributed by atoms with Gasteiger partial charge in [-0.3, -0.25) is 0 Å². The Balaban J connectivity index is 0.000000340. The first kappa shape index (κ1) is 28.6. The van der Waals surface area contributed by atoms with E-state index in [1.54, 1.807) is 0 Å². The fourth-order valence-electron chi connectivity index (χ4n) is 2.30. The highest BCUT2D eigenvalue weighted by molar-refractivity contribution is 5.78. The molecule has 0 aliphatic carbocycles. The lowest BCUT2D eigenvalue weighted by Crippen LogP contribution is -2.55. The lowest BCUT2D eigenvalue weighted by atomic mass is 9.99. The lowest BCUT2D eigenvalue weighted by molar-refractivity contribution is -0.340. The van der Waals surface area contributed by atoms with Crippen LogP contribution < -0.4 is 0 Å². The standard InChI is InChI=1S/2C9H6F5NO2/c2*10-8(11,6-4-2-1-3-5-6)9(12,7(16)17)15(13)14/h2*1-5H,(H,16,17)/t2*9-/m11/s1. The number of alkyl halides is 6. The molecule has 188 valence electrons. The fourth-order valence-corrected chi connectivity index (χ4v) is 2.30. The van der Waals surface area contributed by atoms with Gasteiger partial charge in [-0.1, -0.05) is 78.6 Å². The zero-order valence-corrected chi connectivity index (χ0v) is 16.2. The molecule has 0 fully saturated rings. The van der Waals surface area contributed by atoms with Crippen molar-refractivity contribution in [2.45, 2.75) is 23.4 Å². The second-order valence-electron chi connectivity index (χ2n) is 6.20. The summed E-state index contributed by atoms with van der Waals surface area (Å²) in [6.07, 6.45) is 0. The molecule has 0 heterocycles. The molecule has 0 amide bonds. The van der Waals surface area contributed by atoms with Crippen molar-refractivity contribution in [1.82, 2.24) is 10.7 Å². The molecule has 34 heavy (non-hydrogen) atoms. The Morgan fingerprint density at radius 3 is 0.971 bits per heavy atom. The summed E-state index contributed by atoms with van der Waals surface area (Å²) in [5.74, 6) is -26.0. The van der Waals surface area contributed by atoms with Gasteiger partial charge in [-0.2, -0.15) is 17.6 Å². The van der Waals surface area contributed by atoms with E-state index in [-0.39, 0.29) is 0 Å². The van der Waals surface area contributed by atoms with Gasteiger partial charge in [-0.15, -0.1) is 0 Å². The molecule has 0 spiro atoms. The van der Waals surface area contributed by atoms with E-state index in [0.717, 1.165) is 24.3 Å². The van der Waals surface area contributed by atoms with Crippen molar-refractivity contribution in [2.75, 3.05) is 0 Å². The second-order valence-corrected chi connectivity index (χ2v) is 6.20. The largest absolute Gasteiger partial charge is 0.478 e. The third-order valence-corrected chi connectivity index (χ3v) is 4.14. The van der Waals surface area contributed by atoms with Crippen molar-refractivity contribution in [3.63, 3.8) is 0 Å². The van der Waals surface area contributed by atoms with Gasteiger partial charge in [0.05, 0.1) is 10.7 Å². The molecule has 2 aromatic rings. The van der Waals surface area contributed by atoms with Crippen LogP contribution in [0.2, 0.25) is 0 Å². The van der Waals surface area contributed by atoms with Crippen LogP contribution in [0.1, 0.15) is 11.1 Å². The molecular weight excluding hydrogens is 498 g/mol. The SMILES string of the molecule is O=C(O)[C@@](F)(N(F)F)C(F)(F)c1ccccc1.O=C(O)[C@@](F)(N(F)F)C(F)(F)c1ccccc1. The Morgan fingerprint density at radius 1 is 0.559 bits per heavy atom. The van der Waals surface area contributed by atoms with Crippen molar-refractivity contribution < 1.29 is 64.1 Å². The Morgan fingerprint density at radius 2 is 0.794 bits per heavy atom. The predicted octanol–water partition coefficient (Wildman–Crippen LogP) is 5.20. The highest BCUT2D eigenvalue weighted by Crippen LogP contribution is 2.45. The predicted molar refractivity (Wildman–Crippen MR) is 91.7 cm³/mol. The van der Waals surface area contributed by atoms with Gasteiger partial charge in [0.2, 0.25) is 0 Å². The third-order valence-electron chi connectivity index (χ3n) is 4.14. The maximum atomic E-state index is 13.4. The van der Waals surface area contributed by atoms with Crippen LogP contribution in [0, 0.1) is 0 Å². The Bertz CT molecular complexity index is 902. The Kier molecular flexibility index (Phi) is 8.63. The van der Waals surface area contributed by atoms with Crippen molar-refractivity contribution in [3.05, 3.63) is 71.8 Å². The zero-order chi connectivity index (χ0) is 26.5. The van der Waals surface area contributed by atoms with E-state index in [1.807, 2.05) is 0 Å². The molecule has 6 nitrogen and oxygen atoms in total. The molecule has 2 aromatic carbocycles. The van der Waals surface area contributed by atoms with Gasteiger partial charge >= 0.3 is 35.4 Å². The summed E-state index contributed by atoms with van der Waals surface area (Å²) in [7, 11) is 0. The second kappa shape index (κ2) is 10.3. The van der Waals surface area contributed by atoms with Crippen LogP contribution >= 0.6 is 0 Å². The summed E-state index contributed by atoms with van der Waals surface area (Å²) in [4.78, 5) is 20.6. The number of rotatable bonds is 8. The van der Waals surface area contributed by atoms with Gasteiger partial charge in [-0.05, 0) is 0 Å². The lowest BCUT2D eigenvalue weighted by Gasteiger charge is -2.29. The van der Waals surface area contributed by atoms with Gasteiger partial charge < -0.3 is 10.2 Å². The minimum atomic E-state index is -5.12. The number of carboxylic acids is 2. The highest BCUT2D eigenvalue weighted by atomic mass is 19.4. The van der Waals surface area contributed by atoms with Crippen molar-refractivity contribution in [1.29, 1.82) is 0 Å². The van der Waals surface area contributed by atoms with E-state index >= 15 is 0 Å². The number of hydrogen-bond acceptors (Lipinski definition) is 4. The van der Waals surface area contributed by atoms with E-state index in [0.29, 0.717) is 24.3 Å². The van der Waals surface area contributed by atoms with Crippen LogP contribution in [0.5, 0.6) is 0 Å². The summed E-state index contributed by atoms with van der Waals surface area (Å²) < 4.78 is 129. The first-order valence-electron chi connectivity index (χ1n) is 8.43. The molecule has 2 rings (SSSR count). The molecule has 0 bridgehead atoms. The monoisotopic (exact) mass is 510 g/mol. The first-order valence-corrected chi connectivity index (χ1v) is 8.43. The quantitative estimate of drug-likeness (QED) is 0.289. The molecular formula is C18H12F10N2O4. The van der Waals surface area contributed by atoms with E-state index < -0.39 is 57.2 Å². The van der Waals surface area contributed by atoms with Gasteiger partial charge in [-0.25, -0.2) is 18.4 Å². The van der Waals surface area contributed by atoms with Crippen LogP contribution in [0.4, 0.5) is 44.3 Å². The molecule has 2 N–H and O–H groups in total. The molecule has 0 saturated carbocycles. The summed E-state index contributed by atoms with van der Waals surface area (Å²) in [6, 6.07) is 9.40. The Labute approximate surface area is 183 Å². The molecule has 16 heteroatoms. The summed E-state index contributed by atoms with van der Waals surface area (Å²) >= 11 is 0. The number of halogens is 10. The van der Waals surface area contributed by atoms with Crippen LogP contribution in [0.3, 0.4) is 0 Å². The molecule has 0 unspecified atom stereocenters. The van der Waals surface area contributed by atoms with Crippen molar-refractivity contribution in [2.24, 2.45) is 0 Å². The van der Waals surface area contributed by atoms with E-state index in [2.05, 4.69) is 0 Å². The topological polar surface area (TPSA) is 81.1 Å². The number of aliphatic carboxylic acids is 2. The van der Waals surface area contributed by atoms with E-state index in [4.69, 9.17) is 10.2 Å². The Hall–Kier alpha value is -3.40. The normalized spacial score (nSPS) is 15.6. The highest BCUT2D eigenvalue weighted by Gasteiger charge is 2.69. The molecule has 0 saturated heterocycles. The molecule has 0 aromatic heterocycles. The van der Waals surface area contributed by atoms with E-state index in [1.165, 1.54) is 12.1 Å². The van der Waals surface area contributed by atoms with Crippen LogP contribution in [0.25, 0.3) is 0 Å². The summed E-state index contributed by atoms with van der Waals surface area (Å²) in [5, 5.41) is 11.1. The van der Waals surface area contributed by atoms with Crippen LogP contribution in [-0.2, 0) is 21.4 Å². The average Bonchev–Trinajstić information content (AvgIpc) is 2.78. The molecule has 2 atom stereocenters. The average molecular weight is 510 g/mol. The van der Waals surface area contributed by atoms with Crippen LogP contribution in [0.15, 0.2) is 60.7 Å². The van der Waals surface area contributed by atoms with Gasteiger partial charge in [0.15, 0.2) is 0 Å². The number of benzene rings is 2. The third kappa shape index (κ3) is 4.91. The number of carbonyl (C=O) groups is 2. The van der Waals surface area contributed by atoms with Gasteiger partial charge in [0.25, 0.3) is 0 Å². The van der Waals surface area contributed by atoms with Crippen molar-refractivity contribution in [3.8, 4) is 0 Å². The summed E-state index contributed by atoms with van der Waals surface area (Å²) in [6.45, 7) is 0. The minimum absolute atomic E-state index is 0.654. The first-order chi connectivity index (χ1) is 15.5. The summed E-state index contributed by atoms with van der Waals surface area (Å²) in [5.41, 5.74) is -2.32. The zero-order valence-electron chi connectivity index (χ0n) is 16.2. The number of hydrogen-bond donors (Lipinski definition) is 2. The van der Waals surface area contributed by atoms with Crippen molar-refractivity contribution >= 4 is 11.9 Å². The maximum absolute atomic E-state index is 13.4. The fraction of sp³-hybridized carbons (Fsp3) is 0.222. The molecule has 0 aliphatic heterocycles. The van der Waals surface area contributed by atoms with Gasteiger partial charge in [0.1, 0.15) is 0 Å². The molecule has 0 radical (unpaired) electrons. The maximum Gasteiger partial charge on any atom is 0.382 e. The van der Waals surface area contributed by atoms with Gasteiger partial charge in [0, 0.05) is 11.1 Å². The van der Waals surface area contributed by atoms with E-state index in [9.17, 15) is 53.9 Å². The van der Waals surface area contributed by atoms with Crippen LogP contribution in [-0.4, -0.2) is 44.4 Å². The smallest absolute Gasteiger partial charge is 0.382 e. The number of nitrogens with zero attached hydrogens (tertiary/aromatic N) is 2.